The summed E-state index contributed by atoms with van der Waals surface area (Å²) in [5.74, 6) is 0.787. The van der Waals surface area contributed by atoms with E-state index in [2.05, 4.69) is 10.6 Å². The molecule has 1 aliphatic rings. The molecule has 2 amide bonds. The highest BCUT2D eigenvalue weighted by Crippen LogP contribution is 2.28. The summed E-state index contributed by atoms with van der Waals surface area (Å²) < 4.78 is 5.69. The lowest BCUT2D eigenvalue weighted by Gasteiger charge is -2.28. The van der Waals surface area contributed by atoms with Crippen molar-refractivity contribution in [2.45, 2.75) is 44.2 Å². The minimum Gasteiger partial charge on any atom is -0.489 e. The Labute approximate surface area is 125 Å². The van der Waals surface area contributed by atoms with Crippen molar-refractivity contribution in [3.8, 4) is 5.75 Å². The van der Waals surface area contributed by atoms with Crippen molar-refractivity contribution in [1.29, 1.82) is 0 Å². The maximum absolute atomic E-state index is 11.9. The number of benzene rings is 1. The molecular formula is C16H24N2O3. The molecule has 1 aromatic rings. The second-order valence-corrected chi connectivity index (χ2v) is 5.72. The van der Waals surface area contributed by atoms with E-state index in [1.165, 1.54) is 0 Å². The van der Waals surface area contributed by atoms with Gasteiger partial charge in [0.1, 0.15) is 11.9 Å². The van der Waals surface area contributed by atoms with E-state index in [0.717, 1.165) is 31.4 Å². The molecule has 1 saturated carbocycles. The molecule has 116 valence electrons. The highest BCUT2D eigenvalue weighted by atomic mass is 16.5. The van der Waals surface area contributed by atoms with Crippen LogP contribution in [-0.2, 0) is 0 Å². The van der Waals surface area contributed by atoms with E-state index in [1.54, 1.807) is 0 Å². The summed E-state index contributed by atoms with van der Waals surface area (Å²) in [6, 6.07) is 9.28. The van der Waals surface area contributed by atoms with E-state index >= 15 is 0 Å². The lowest BCUT2D eigenvalue weighted by molar-refractivity contribution is 0.159. The largest absolute Gasteiger partial charge is 0.489 e. The number of aliphatic hydroxyl groups excluding tert-OH is 1. The number of carbonyl (C=O) groups excluding carboxylic acids is 1. The van der Waals surface area contributed by atoms with Gasteiger partial charge >= 0.3 is 6.03 Å². The number of hydrogen-bond acceptors (Lipinski definition) is 3. The van der Waals surface area contributed by atoms with E-state index < -0.39 is 5.54 Å². The summed E-state index contributed by atoms with van der Waals surface area (Å²) in [5.41, 5.74) is -0.437. The highest BCUT2D eigenvalue weighted by Gasteiger charge is 2.34. The van der Waals surface area contributed by atoms with Gasteiger partial charge in [-0.25, -0.2) is 4.79 Å². The minimum atomic E-state index is -0.437. The average molecular weight is 292 g/mol. The van der Waals surface area contributed by atoms with Gasteiger partial charge in [-0.2, -0.15) is 0 Å². The molecule has 0 spiro atoms. The maximum Gasteiger partial charge on any atom is 0.315 e. The van der Waals surface area contributed by atoms with Crippen molar-refractivity contribution in [1.82, 2.24) is 10.6 Å². The van der Waals surface area contributed by atoms with Gasteiger partial charge < -0.3 is 20.5 Å². The fraction of sp³-hybridized carbons (Fsp3) is 0.562. The van der Waals surface area contributed by atoms with Crippen LogP contribution in [0.3, 0.4) is 0 Å². The number of amides is 2. The van der Waals surface area contributed by atoms with Crippen molar-refractivity contribution in [3.63, 3.8) is 0 Å². The Morgan fingerprint density at radius 2 is 2.00 bits per heavy atom. The first kappa shape index (κ1) is 15.6. The fourth-order valence-electron chi connectivity index (χ4n) is 2.67. The monoisotopic (exact) mass is 292 g/mol. The molecule has 0 saturated heterocycles. The predicted octanol–water partition coefficient (Wildman–Crippen LogP) is 2.06. The van der Waals surface area contributed by atoms with Gasteiger partial charge in [-0.05, 0) is 31.9 Å². The topological polar surface area (TPSA) is 70.6 Å². The van der Waals surface area contributed by atoms with Crippen LogP contribution in [0.2, 0.25) is 0 Å². The number of urea groups is 1. The van der Waals surface area contributed by atoms with Crippen LogP contribution < -0.4 is 15.4 Å². The molecule has 0 radical (unpaired) electrons. The van der Waals surface area contributed by atoms with Gasteiger partial charge in [0.25, 0.3) is 0 Å². The van der Waals surface area contributed by atoms with Gasteiger partial charge in [-0.3, -0.25) is 0 Å². The highest BCUT2D eigenvalue weighted by molar-refractivity contribution is 5.74. The fourth-order valence-corrected chi connectivity index (χ4v) is 2.67. The molecule has 0 aliphatic heterocycles. The summed E-state index contributed by atoms with van der Waals surface area (Å²) in [6.45, 7) is 2.32. The van der Waals surface area contributed by atoms with Crippen LogP contribution in [0, 0.1) is 0 Å². The van der Waals surface area contributed by atoms with E-state index in [9.17, 15) is 9.90 Å². The van der Waals surface area contributed by atoms with Crippen molar-refractivity contribution >= 4 is 6.03 Å². The van der Waals surface area contributed by atoms with Crippen LogP contribution in [0.1, 0.15) is 32.6 Å². The second-order valence-electron chi connectivity index (χ2n) is 5.72. The molecule has 0 bridgehead atoms. The molecule has 2 rings (SSSR count). The molecule has 3 N–H and O–H groups in total. The number of carbonyl (C=O) groups is 1. The minimum absolute atomic E-state index is 0.00348. The van der Waals surface area contributed by atoms with Crippen LogP contribution in [-0.4, -0.2) is 35.9 Å². The Morgan fingerprint density at radius 3 is 2.62 bits per heavy atom. The van der Waals surface area contributed by atoms with Crippen LogP contribution in [0.25, 0.3) is 0 Å². The third-order valence-electron chi connectivity index (χ3n) is 3.87. The lowest BCUT2D eigenvalue weighted by Crippen LogP contribution is -2.53. The Kier molecular flexibility index (Phi) is 5.44. The van der Waals surface area contributed by atoms with Gasteiger partial charge in [-0.15, -0.1) is 0 Å². The van der Waals surface area contributed by atoms with E-state index in [-0.39, 0.29) is 18.7 Å². The first-order valence-electron chi connectivity index (χ1n) is 7.52. The molecule has 21 heavy (non-hydrogen) atoms. The van der Waals surface area contributed by atoms with Crippen LogP contribution in [0.4, 0.5) is 4.79 Å². The number of aliphatic hydroxyl groups is 1. The standard InChI is InChI=1S/C16H24N2O3/c1-13(21-14-7-3-2-4-8-14)11-17-15(20)18-16(12-19)9-5-6-10-16/h2-4,7-8,13,19H,5-6,9-12H2,1H3,(H2,17,18,20). The molecule has 1 atom stereocenters. The van der Waals surface area contributed by atoms with E-state index in [1.807, 2.05) is 37.3 Å². The third kappa shape index (κ3) is 4.63. The number of nitrogens with one attached hydrogen (secondary N) is 2. The van der Waals surface area contributed by atoms with Gasteiger partial charge in [0.15, 0.2) is 0 Å². The summed E-state index contributed by atoms with van der Waals surface area (Å²) in [7, 11) is 0. The van der Waals surface area contributed by atoms with Crippen molar-refractivity contribution in [3.05, 3.63) is 30.3 Å². The Balaban J connectivity index is 1.73. The smallest absolute Gasteiger partial charge is 0.315 e. The first-order chi connectivity index (χ1) is 10.1. The predicted molar refractivity (Wildman–Crippen MR) is 81.4 cm³/mol. The van der Waals surface area contributed by atoms with Crippen molar-refractivity contribution in [2.24, 2.45) is 0 Å². The van der Waals surface area contributed by atoms with Crippen molar-refractivity contribution < 1.29 is 14.6 Å². The number of para-hydroxylation sites is 1. The van der Waals surface area contributed by atoms with Gasteiger partial charge in [0, 0.05) is 0 Å². The first-order valence-corrected chi connectivity index (χ1v) is 7.52. The average Bonchev–Trinajstić information content (AvgIpc) is 2.95. The van der Waals surface area contributed by atoms with Gasteiger partial charge in [0.2, 0.25) is 0 Å². The summed E-state index contributed by atoms with van der Waals surface area (Å²) in [6.07, 6.45) is 3.66. The Bertz CT molecular complexity index is 444. The molecule has 1 aliphatic carbocycles. The van der Waals surface area contributed by atoms with Gasteiger partial charge in [-0.1, -0.05) is 31.0 Å². The zero-order valence-electron chi connectivity index (χ0n) is 12.5. The summed E-state index contributed by atoms with van der Waals surface area (Å²) in [5, 5.41) is 15.2. The molecule has 5 heteroatoms. The Hall–Kier alpha value is -1.75. The zero-order valence-corrected chi connectivity index (χ0v) is 12.5. The second kappa shape index (κ2) is 7.31. The van der Waals surface area contributed by atoms with Crippen LogP contribution in [0.5, 0.6) is 5.75 Å². The Morgan fingerprint density at radius 1 is 1.33 bits per heavy atom. The number of rotatable bonds is 6. The quantitative estimate of drug-likeness (QED) is 0.751. The lowest BCUT2D eigenvalue weighted by atomic mass is 9.99. The van der Waals surface area contributed by atoms with Crippen molar-refractivity contribution in [2.75, 3.05) is 13.2 Å². The molecule has 0 aromatic heterocycles. The van der Waals surface area contributed by atoms with E-state index in [0.29, 0.717) is 6.54 Å². The van der Waals surface area contributed by atoms with E-state index in [4.69, 9.17) is 4.74 Å². The van der Waals surface area contributed by atoms with Crippen LogP contribution in [0.15, 0.2) is 30.3 Å². The zero-order chi connectivity index (χ0) is 15.1. The maximum atomic E-state index is 11.9. The van der Waals surface area contributed by atoms with Gasteiger partial charge in [0.05, 0.1) is 18.7 Å². The molecule has 0 heterocycles. The third-order valence-corrected chi connectivity index (χ3v) is 3.87. The SMILES string of the molecule is CC(CNC(=O)NC1(CO)CCCC1)Oc1ccccc1. The molecule has 1 fully saturated rings. The summed E-state index contributed by atoms with van der Waals surface area (Å²) in [4.78, 5) is 11.9. The van der Waals surface area contributed by atoms with Crippen LogP contribution >= 0.6 is 0 Å². The number of hydrogen-bond donors (Lipinski definition) is 3. The number of ether oxygens (including phenoxy) is 1. The molecule has 1 aromatic carbocycles. The summed E-state index contributed by atoms with van der Waals surface area (Å²) >= 11 is 0. The normalized spacial score (nSPS) is 18.0. The molecular weight excluding hydrogens is 268 g/mol. The molecule has 5 nitrogen and oxygen atoms in total. The molecule has 1 unspecified atom stereocenters.